The van der Waals surface area contributed by atoms with Gasteiger partial charge in [0.2, 0.25) is 0 Å². The zero-order valence-electron chi connectivity index (χ0n) is 9.20. The molecule has 1 nitrogen and oxygen atoms in total. The van der Waals surface area contributed by atoms with Crippen molar-refractivity contribution in [2.24, 2.45) is 0 Å². The van der Waals surface area contributed by atoms with Gasteiger partial charge >= 0.3 is 0 Å². The van der Waals surface area contributed by atoms with E-state index in [0.29, 0.717) is 0 Å². The topological polar surface area (TPSA) is 12.9 Å². The fourth-order valence-corrected chi connectivity index (χ4v) is 1.65. The molecule has 0 unspecified atom stereocenters. The van der Waals surface area contributed by atoms with Gasteiger partial charge in [0.05, 0.1) is 0 Å². The Morgan fingerprint density at radius 2 is 1.67 bits per heavy atom. The third kappa shape index (κ3) is 2.44. The molecule has 0 saturated carbocycles. The number of pyridine rings is 1. The van der Waals surface area contributed by atoms with Crippen molar-refractivity contribution >= 4 is 0 Å². The van der Waals surface area contributed by atoms with Crippen LogP contribution in [0.2, 0.25) is 0 Å². The molecule has 0 N–H and O–H groups in total. The van der Waals surface area contributed by atoms with E-state index in [2.05, 4.69) is 48.3 Å². The van der Waals surface area contributed by atoms with Crippen LogP contribution in [-0.2, 0) is 6.42 Å². The van der Waals surface area contributed by atoms with Crippen LogP contribution in [0.15, 0.2) is 42.5 Å². The highest BCUT2D eigenvalue weighted by Crippen LogP contribution is 2.11. The quantitative estimate of drug-likeness (QED) is 0.720. The van der Waals surface area contributed by atoms with Gasteiger partial charge in [-0.3, -0.25) is 4.98 Å². The molecule has 0 fully saturated rings. The summed E-state index contributed by atoms with van der Waals surface area (Å²) < 4.78 is 0. The fourth-order valence-electron chi connectivity index (χ4n) is 1.65. The molecule has 0 amide bonds. The molecule has 0 saturated heterocycles. The minimum absolute atomic E-state index is 0.925. The van der Waals surface area contributed by atoms with Gasteiger partial charge in [-0.2, -0.15) is 0 Å². The van der Waals surface area contributed by atoms with Crippen LogP contribution in [-0.4, -0.2) is 4.98 Å². The molecule has 1 aromatic carbocycles. The summed E-state index contributed by atoms with van der Waals surface area (Å²) in [5, 5.41) is 0. The Morgan fingerprint density at radius 1 is 0.933 bits per heavy atom. The molecule has 2 rings (SSSR count). The van der Waals surface area contributed by atoms with E-state index >= 15 is 0 Å². The lowest BCUT2D eigenvalue weighted by Crippen LogP contribution is -1.97. The summed E-state index contributed by atoms with van der Waals surface area (Å²) in [6.45, 7) is 4.15. The molecule has 0 aliphatic heterocycles. The largest absolute Gasteiger partial charge is 0.258 e. The predicted octanol–water partition coefficient (Wildman–Crippen LogP) is 3.29. The molecule has 0 spiro atoms. The van der Waals surface area contributed by atoms with Gasteiger partial charge in [0.15, 0.2) is 0 Å². The van der Waals surface area contributed by atoms with Gasteiger partial charge < -0.3 is 0 Å². The number of hydrogen-bond donors (Lipinski definition) is 0. The molecular weight excluding hydrogens is 182 g/mol. The highest BCUT2D eigenvalue weighted by atomic mass is 14.7. The van der Waals surface area contributed by atoms with Crippen molar-refractivity contribution in [1.82, 2.24) is 4.98 Å². The Morgan fingerprint density at radius 3 is 2.40 bits per heavy atom. The summed E-state index contributed by atoms with van der Waals surface area (Å²) in [5.74, 6) is 0. The maximum Gasteiger partial charge on any atom is 0.0479 e. The lowest BCUT2D eigenvalue weighted by Gasteiger charge is -2.05. The van der Waals surface area contributed by atoms with Gasteiger partial charge in [0.25, 0.3) is 0 Å². The van der Waals surface area contributed by atoms with Crippen LogP contribution >= 0.6 is 0 Å². The van der Waals surface area contributed by atoms with Crippen molar-refractivity contribution in [2.45, 2.75) is 20.3 Å². The Kier molecular flexibility index (Phi) is 2.82. The van der Waals surface area contributed by atoms with Gasteiger partial charge in [-0.15, -0.1) is 0 Å². The molecule has 0 atom stereocenters. The van der Waals surface area contributed by atoms with Crippen LogP contribution in [0.25, 0.3) is 0 Å². The highest BCUT2D eigenvalue weighted by Gasteiger charge is 2.01. The molecule has 0 bridgehead atoms. The van der Waals surface area contributed by atoms with E-state index < -0.39 is 0 Å². The minimum atomic E-state index is 0.925. The molecule has 15 heavy (non-hydrogen) atoms. The van der Waals surface area contributed by atoms with Gasteiger partial charge in [0, 0.05) is 17.8 Å². The maximum atomic E-state index is 4.57. The summed E-state index contributed by atoms with van der Waals surface area (Å²) in [6.07, 6.45) is 0.925. The zero-order valence-corrected chi connectivity index (χ0v) is 9.20. The lowest BCUT2D eigenvalue weighted by atomic mass is 10.1. The second-order valence-electron chi connectivity index (χ2n) is 3.88. The van der Waals surface area contributed by atoms with Crippen molar-refractivity contribution in [1.29, 1.82) is 0 Å². The van der Waals surface area contributed by atoms with Gasteiger partial charge in [-0.1, -0.05) is 36.4 Å². The van der Waals surface area contributed by atoms with Crippen molar-refractivity contribution in [3.05, 3.63) is 65.0 Å². The first-order valence-electron chi connectivity index (χ1n) is 5.23. The minimum Gasteiger partial charge on any atom is -0.258 e. The molecule has 1 heteroatoms. The molecule has 0 aliphatic carbocycles. The summed E-state index contributed by atoms with van der Waals surface area (Å²) in [6, 6.07) is 14.7. The van der Waals surface area contributed by atoms with E-state index in [4.69, 9.17) is 0 Å². The predicted molar refractivity (Wildman–Crippen MR) is 63.0 cm³/mol. The first kappa shape index (κ1) is 9.91. The fraction of sp³-hybridized carbons (Fsp3) is 0.214. The van der Waals surface area contributed by atoms with Crippen molar-refractivity contribution in [3.8, 4) is 0 Å². The normalized spacial score (nSPS) is 10.3. The Balaban J connectivity index is 2.28. The Labute approximate surface area is 90.8 Å². The van der Waals surface area contributed by atoms with E-state index in [0.717, 1.165) is 12.1 Å². The van der Waals surface area contributed by atoms with Crippen LogP contribution in [0.3, 0.4) is 0 Å². The van der Waals surface area contributed by atoms with Crippen LogP contribution in [0.4, 0.5) is 0 Å². The van der Waals surface area contributed by atoms with E-state index in [-0.39, 0.29) is 0 Å². The third-order valence-electron chi connectivity index (χ3n) is 2.56. The number of aryl methyl sites for hydroxylation is 2. The van der Waals surface area contributed by atoms with Crippen molar-refractivity contribution < 1.29 is 0 Å². The number of rotatable bonds is 2. The number of benzene rings is 1. The molecule has 1 heterocycles. The van der Waals surface area contributed by atoms with Crippen LogP contribution < -0.4 is 0 Å². The first-order chi connectivity index (χ1) is 7.25. The molecular formula is C14H15N. The number of aromatic nitrogens is 1. The van der Waals surface area contributed by atoms with Crippen LogP contribution in [0, 0.1) is 13.8 Å². The van der Waals surface area contributed by atoms with Crippen LogP contribution in [0.1, 0.15) is 22.5 Å². The smallest absolute Gasteiger partial charge is 0.0479 e. The number of nitrogens with zero attached hydrogens (tertiary/aromatic N) is 1. The summed E-state index contributed by atoms with van der Waals surface area (Å²) in [4.78, 5) is 4.57. The lowest BCUT2D eigenvalue weighted by molar-refractivity contribution is 1.01. The molecule has 2 aromatic rings. The standard InChI is InChI=1S/C14H15N/c1-11-8-9-12(2)15-14(11)10-13-6-4-3-5-7-13/h3-9H,10H2,1-2H3. The molecule has 0 radical (unpaired) electrons. The van der Waals surface area contributed by atoms with Gasteiger partial charge in [-0.05, 0) is 31.0 Å². The number of hydrogen-bond acceptors (Lipinski definition) is 1. The first-order valence-corrected chi connectivity index (χ1v) is 5.23. The second-order valence-corrected chi connectivity index (χ2v) is 3.88. The average molecular weight is 197 g/mol. The zero-order chi connectivity index (χ0) is 10.7. The SMILES string of the molecule is Cc1ccc(C)c(Cc2ccccc2)n1. The Bertz CT molecular complexity index is 446. The van der Waals surface area contributed by atoms with Crippen LogP contribution in [0.5, 0.6) is 0 Å². The van der Waals surface area contributed by atoms with E-state index in [1.165, 1.54) is 16.8 Å². The second kappa shape index (κ2) is 4.26. The van der Waals surface area contributed by atoms with Gasteiger partial charge in [-0.25, -0.2) is 0 Å². The molecule has 1 aromatic heterocycles. The third-order valence-corrected chi connectivity index (χ3v) is 2.56. The summed E-state index contributed by atoms with van der Waals surface area (Å²) in [5.41, 5.74) is 4.86. The highest BCUT2D eigenvalue weighted by molar-refractivity contribution is 5.28. The van der Waals surface area contributed by atoms with E-state index in [1.807, 2.05) is 13.0 Å². The monoisotopic (exact) mass is 197 g/mol. The summed E-state index contributed by atoms with van der Waals surface area (Å²) >= 11 is 0. The Hall–Kier alpha value is -1.63. The van der Waals surface area contributed by atoms with Crippen molar-refractivity contribution in [3.63, 3.8) is 0 Å². The molecule has 76 valence electrons. The van der Waals surface area contributed by atoms with E-state index in [9.17, 15) is 0 Å². The van der Waals surface area contributed by atoms with E-state index in [1.54, 1.807) is 0 Å². The maximum absolute atomic E-state index is 4.57. The summed E-state index contributed by atoms with van der Waals surface area (Å²) in [7, 11) is 0. The molecule has 0 aliphatic rings. The average Bonchev–Trinajstić information content (AvgIpc) is 2.25. The van der Waals surface area contributed by atoms with Gasteiger partial charge in [0.1, 0.15) is 0 Å². The van der Waals surface area contributed by atoms with Crippen molar-refractivity contribution in [2.75, 3.05) is 0 Å².